The van der Waals surface area contributed by atoms with Crippen LogP contribution in [0.15, 0.2) is 11.4 Å². The van der Waals surface area contributed by atoms with Crippen molar-refractivity contribution in [3.8, 4) is 0 Å². The van der Waals surface area contributed by atoms with Gasteiger partial charge in [0, 0.05) is 17.8 Å². The van der Waals surface area contributed by atoms with Crippen molar-refractivity contribution in [3.05, 3.63) is 11.4 Å². The second kappa shape index (κ2) is 0.455. The summed E-state index contributed by atoms with van der Waals surface area (Å²) in [6, 6.07) is 0. The molecule has 0 aromatic rings. The first-order chi connectivity index (χ1) is 2.30. The molecule has 0 amide bonds. The SMILES string of the molecule is NC1=C(N)C1. The van der Waals surface area contributed by atoms with Crippen molar-refractivity contribution in [1.82, 2.24) is 0 Å². The van der Waals surface area contributed by atoms with Crippen LogP contribution in [-0.2, 0) is 0 Å². The molecule has 0 bridgehead atoms. The zero-order chi connectivity index (χ0) is 3.86. The van der Waals surface area contributed by atoms with Gasteiger partial charge in [-0.25, -0.2) is 0 Å². The fourth-order valence-corrected chi connectivity index (χ4v) is 0.161. The molecule has 0 fully saturated rings. The summed E-state index contributed by atoms with van der Waals surface area (Å²) in [4.78, 5) is 0. The topological polar surface area (TPSA) is 52.0 Å². The van der Waals surface area contributed by atoms with Crippen LogP contribution in [0.5, 0.6) is 0 Å². The molecule has 0 aromatic carbocycles. The minimum absolute atomic E-state index is 0.861. The van der Waals surface area contributed by atoms with Gasteiger partial charge in [0.15, 0.2) is 0 Å². The summed E-state index contributed by atoms with van der Waals surface area (Å²) < 4.78 is 0. The van der Waals surface area contributed by atoms with E-state index in [4.69, 9.17) is 11.5 Å². The van der Waals surface area contributed by atoms with Crippen molar-refractivity contribution in [2.45, 2.75) is 6.42 Å². The van der Waals surface area contributed by atoms with E-state index in [1.807, 2.05) is 0 Å². The Bertz CT molecular complexity index is 72.9. The maximum Gasteiger partial charge on any atom is 0.0335 e. The Labute approximate surface area is 30.5 Å². The highest BCUT2D eigenvalue weighted by Gasteiger charge is 2.11. The molecule has 1 aliphatic carbocycles. The lowest BCUT2D eigenvalue weighted by Gasteiger charge is -1.55. The molecule has 2 heteroatoms. The smallest absolute Gasteiger partial charge is 0.0335 e. The van der Waals surface area contributed by atoms with E-state index in [0.29, 0.717) is 0 Å². The van der Waals surface area contributed by atoms with Crippen molar-refractivity contribution in [2.75, 3.05) is 0 Å². The normalized spacial score (nSPS) is 20.0. The average Bonchev–Trinajstić information content (AvgIpc) is 1.79. The molecule has 1 rings (SSSR count). The Kier molecular flexibility index (Phi) is 0.234. The van der Waals surface area contributed by atoms with E-state index >= 15 is 0 Å². The molecule has 0 saturated heterocycles. The molecule has 0 radical (unpaired) electrons. The summed E-state index contributed by atoms with van der Waals surface area (Å²) in [5.41, 5.74) is 12.0. The fourth-order valence-electron chi connectivity index (χ4n) is 0.161. The standard InChI is InChI=1S/C3H6N2/c4-2-1-3(2)5/h1,4-5H2. The fraction of sp³-hybridized carbons (Fsp3) is 0.333. The highest BCUT2D eigenvalue weighted by Crippen LogP contribution is 2.17. The van der Waals surface area contributed by atoms with Gasteiger partial charge in [-0.05, 0) is 0 Å². The molecule has 0 spiro atoms. The van der Waals surface area contributed by atoms with E-state index in [2.05, 4.69) is 0 Å². The molecular formula is C3H6N2. The van der Waals surface area contributed by atoms with Crippen LogP contribution in [0.3, 0.4) is 0 Å². The third kappa shape index (κ3) is 0.210. The summed E-state index contributed by atoms with van der Waals surface area (Å²) in [6.07, 6.45) is 0.861. The lowest BCUT2D eigenvalue weighted by molar-refractivity contribution is 1.36. The van der Waals surface area contributed by atoms with Gasteiger partial charge in [-0.3, -0.25) is 0 Å². The third-order valence-electron chi connectivity index (χ3n) is 0.668. The van der Waals surface area contributed by atoms with Gasteiger partial charge in [0.2, 0.25) is 0 Å². The highest BCUT2D eigenvalue weighted by molar-refractivity contribution is 5.27. The second-order valence-corrected chi connectivity index (χ2v) is 1.23. The Morgan fingerprint density at radius 1 is 1.20 bits per heavy atom. The van der Waals surface area contributed by atoms with E-state index in [0.717, 1.165) is 17.8 Å². The molecule has 4 N–H and O–H groups in total. The predicted molar refractivity (Wildman–Crippen MR) is 20.0 cm³/mol. The minimum Gasteiger partial charge on any atom is -0.400 e. The molecule has 2 nitrogen and oxygen atoms in total. The van der Waals surface area contributed by atoms with E-state index < -0.39 is 0 Å². The molecule has 1 aliphatic rings. The van der Waals surface area contributed by atoms with Gasteiger partial charge in [0.1, 0.15) is 0 Å². The van der Waals surface area contributed by atoms with Crippen molar-refractivity contribution in [2.24, 2.45) is 11.5 Å². The quantitative estimate of drug-likeness (QED) is 0.404. The summed E-state index contributed by atoms with van der Waals surface area (Å²) in [7, 11) is 0. The van der Waals surface area contributed by atoms with Gasteiger partial charge in [-0.15, -0.1) is 0 Å². The maximum atomic E-state index is 5.12. The maximum absolute atomic E-state index is 5.12. The van der Waals surface area contributed by atoms with Crippen LogP contribution in [0.2, 0.25) is 0 Å². The molecule has 0 aliphatic heterocycles. The van der Waals surface area contributed by atoms with E-state index in [-0.39, 0.29) is 0 Å². The Balaban J connectivity index is 2.59. The van der Waals surface area contributed by atoms with Gasteiger partial charge in [-0.1, -0.05) is 0 Å². The van der Waals surface area contributed by atoms with Gasteiger partial charge in [0.05, 0.1) is 0 Å². The minimum atomic E-state index is 0.861. The second-order valence-electron chi connectivity index (χ2n) is 1.23. The van der Waals surface area contributed by atoms with Crippen LogP contribution in [0.1, 0.15) is 6.42 Å². The molecule has 0 saturated carbocycles. The van der Waals surface area contributed by atoms with E-state index in [9.17, 15) is 0 Å². The van der Waals surface area contributed by atoms with Crippen molar-refractivity contribution in [3.63, 3.8) is 0 Å². The van der Waals surface area contributed by atoms with Crippen molar-refractivity contribution in [1.29, 1.82) is 0 Å². The number of hydrogen-bond acceptors (Lipinski definition) is 2. The molecule has 0 aromatic heterocycles. The number of nitrogens with two attached hydrogens (primary N) is 2. The highest BCUT2D eigenvalue weighted by atomic mass is 14.8. The van der Waals surface area contributed by atoms with Crippen LogP contribution >= 0.6 is 0 Å². The van der Waals surface area contributed by atoms with Crippen LogP contribution < -0.4 is 11.5 Å². The predicted octanol–water partition coefficient (Wildman–Crippen LogP) is -0.481. The first-order valence-corrected chi connectivity index (χ1v) is 1.53. The van der Waals surface area contributed by atoms with Gasteiger partial charge in [-0.2, -0.15) is 0 Å². The molecule has 0 heterocycles. The Morgan fingerprint density at radius 2 is 1.40 bits per heavy atom. The number of hydrogen-bond donors (Lipinski definition) is 2. The van der Waals surface area contributed by atoms with Crippen LogP contribution in [0, 0.1) is 0 Å². The largest absolute Gasteiger partial charge is 0.400 e. The zero-order valence-corrected chi connectivity index (χ0v) is 2.86. The Hall–Kier alpha value is -0.660. The molecule has 0 atom stereocenters. The average molecular weight is 70.1 g/mol. The molecule has 28 valence electrons. The van der Waals surface area contributed by atoms with Gasteiger partial charge in [0.25, 0.3) is 0 Å². The van der Waals surface area contributed by atoms with E-state index in [1.165, 1.54) is 0 Å². The van der Waals surface area contributed by atoms with Crippen molar-refractivity contribution >= 4 is 0 Å². The first-order valence-electron chi connectivity index (χ1n) is 1.53. The summed E-state index contributed by atoms with van der Waals surface area (Å²) in [5, 5.41) is 0. The van der Waals surface area contributed by atoms with Crippen LogP contribution in [0.4, 0.5) is 0 Å². The lowest BCUT2D eigenvalue weighted by Crippen LogP contribution is -1.81. The number of allylic oxidation sites excluding steroid dienone is 2. The van der Waals surface area contributed by atoms with E-state index in [1.54, 1.807) is 0 Å². The van der Waals surface area contributed by atoms with Crippen LogP contribution in [0.25, 0.3) is 0 Å². The molecule has 5 heavy (non-hydrogen) atoms. The Morgan fingerprint density at radius 3 is 1.40 bits per heavy atom. The van der Waals surface area contributed by atoms with Gasteiger partial charge >= 0.3 is 0 Å². The summed E-state index contributed by atoms with van der Waals surface area (Å²) in [6.45, 7) is 0. The van der Waals surface area contributed by atoms with Crippen molar-refractivity contribution < 1.29 is 0 Å². The third-order valence-corrected chi connectivity index (χ3v) is 0.668. The first kappa shape index (κ1) is 2.57. The van der Waals surface area contributed by atoms with Crippen LogP contribution in [-0.4, -0.2) is 0 Å². The van der Waals surface area contributed by atoms with Gasteiger partial charge < -0.3 is 11.5 Å². The lowest BCUT2D eigenvalue weighted by atomic mass is 10.8. The summed E-state index contributed by atoms with van der Waals surface area (Å²) in [5.74, 6) is 0. The monoisotopic (exact) mass is 70.1 g/mol. The number of rotatable bonds is 0. The summed E-state index contributed by atoms with van der Waals surface area (Å²) >= 11 is 0. The molecule has 0 unspecified atom stereocenters. The molecular weight excluding hydrogens is 64.0 g/mol. The zero-order valence-electron chi connectivity index (χ0n) is 2.86.